The van der Waals surface area contributed by atoms with Crippen LogP contribution in [0.3, 0.4) is 0 Å². The summed E-state index contributed by atoms with van der Waals surface area (Å²) in [5, 5.41) is 63.5. The highest BCUT2D eigenvalue weighted by molar-refractivity contribution is 6.42. The summed E-state index contributed by atoms with van der Waals surface area (Å²) in [7, 11) is 1.83. The summed E-state index contributed by atoms with van der Waals surface area (Å²) in [6.45, 7) is 8.25. The van der Waals surface area contributed by atoms with Crippen molar-refractivity contribution in [2.45, 2.75) is 40.0 Å². The Labute approximate surface area is 775 Å². The van der Waals surface area contributed by atoms with E-state index in [1.165, 1.54) is 109 Å². The lowest BCUT2D eigenvalue weighted by atomic mass is 10.2. The number of phenols is 5. The molecule has 658 valence electrons. The van der Waals surface area contributed by atoms with Gasteiger partial charge < -0.3 is 49.8 Å². The third-order valence-corrected chi connectivity index (χ3v) is 22.4. The fourth-order valence-electron chi connectivity index (χ4n) is 12.8. The highest BCUT2D eigenvalue weighted by atomic mass is 35.5. The van der Waals surface area contributed by atoms with E-state index < -0.39 is 17.0 Å². The van der Waals surface area contributed by atoms with Crippen molar-refractivity contribution in [1.82, 2.24) is 101 Å². The second kappa shape index (κ2) is 41.2. The van der Waals surface area contributed by atoms with Gasteiger partial charge in [-0.3, -0.25) is 70.8 Å². The van der Waals surface area contributed by atoms with Crippen molar-refractivity contribution in [3.05, 3.63) is 343 Å². The number of carbonyl (C=O) groups is 1. The predicted octanol–water partition coefficient (Wildman–Crippen LogP) is 14.3. The predicted molar refractivity (Wildman–Crippen MR) is 494 cm³/mol. The quantitative estimate of drug-likeness (QED) is 0.0501. The molecule has 0 fully saturated rings. The standard InChI is InChI=1S/C16H10Cl2N4O2.C15H20N4O3.2C14H9Cl2N3O2.C13H10Cl2N4O2.C13H7Cl2N3O2/c17-10-5-11(18)15(23)14-13(10)16(24)22(8-19-14)7-9-6-21-4-2-1-3-12(21)20-9;1-3-18(4-2)9-7-16-14(21)11-10-17-13-12(20)6-5-8-19(13)15(11)22;15-9-5-10(16)13(20)12-11(9)14(21)19(7-18-12)6-8-1-3-17-4-2-8;15-9-4-10(16)13(20)12-11(9)14(21)19(7-18-12)6-8-2-1-3-17-5-8;1-18-3-2-16-9(18)5-19-6-17-11-10(13(19)21)7(14)4-8(15)12(11)20;14-7-5-8(15)12(19)11-10(7)13(20)18(6-17-11)9-3-1-2-4-16-9/h1-6,8,23H,7H2;5-6,8,10,20H,3-4,7,9H2,1-2H3,(H,16,21);2*1-5,7,20H,6H2;2-4,6,20H,5H2,1H3;1-6,19H. The van der Waals surface area contributed by atoms with Gasteiger partial charge in [-0.15, -0.1) is 0 Å². The van der Waals surface area contributed by atoms with Crippen LogP contribution in [0.15, 0.2) is 232 Å². The average Bonchev–Trinajstić information content (AvgIpc) is 1.24. The first kappa shape index (κ1) is 93.3. The zero-order valence-electron chi connectivity index (χ0n) is 67.0. The minimum absolute atomic E-state index is 0.0392. The van der Waals surface area contributed by atoms with Gasteiger partial charge in [-0.25, -0.2) is 44.9 Å². The SMILES string of the molecule is CCN(CC)CCNC(=O)c1cnc2c(O)cccn2c1=O.Cn1ccnc1Cn1cnc2c(O)c(Cl)cc(Cl)c2c1=O.O=c1c2c(Cl)cc(Cl)c(O)c2ncn1-c1ccccn1.O=c1c2c(Cl)cc(Cl)c(O)c2ncn1Cc1cccnc1.O=c1c2c(Cl)cc(Cl)c(O)c2ncn1Cc1ccncc1.O=c1c2c(Cl)cc(Cl)c(O)c2ncn1Cc1cn2ccccc2n1. The highest BCUT2D eigenvalue weighted by Crippen LogP contribution is 2.39. The summed E-state index contributed by atoms with van der Waals surface area (Å²) >= 11 is 59.4. The maximum atomic E-state index is 12.7. The highest BCUT2D eigenvalue weighted by Gasteiger charge is 2.23. The molecule has 0 spiro atoms. The molecule has 0 saturated heterocycles. The number of nitrogens with zero attached hydrogens (tertiary/aromatic N) is 20. The van der Waals surface area contributed by atoms with Crippen molar-refractivity contribution in [2.75, 3.05) is 26.2 Å². The first-order valence-corrected chi connectivity index (χ1v) is 41.7. The molecule has 0 bridgehead atoms. The first-order valence-electron chi connectivity index (χ1n) is 38.0. The number of hydrogen-bond acceptors (Lipinski definition) is 25. The van der Waals surface area contributed by atoms with Crippen LogP contribution in [0.4, 0.5) is 0 Å². The molecule has 13 aromatic heterocycles. The largest absolute Gasteiger partial charge is 0.504 e. The van der Waals surface area contributed by atoms with Crippen molar-refractivity contribution in [1.29, 1.82) is 0 Å². The van der Waals surface area contributed by atoms with Crippen LogP contribution >= 0.6 is 116 Å². The van der Waals surface area contributed by atoms with E-state index >= 15 is 0 Å². The van der Waals surface area contributed by atoms with Gasteiger partial charge in [-0.2, -0.15) is 0 Å². The van der Waals surface area contributed by atoms with Crippen LogP contribution in [0, 0.1) is 0 Å². The van der Waals surface area contributed by atoms with Gasteiger partial charge in [0.1, 0.15) is 56.8 Å². The van der Waals surface area contributed by atoms with Gasteiger partial charge in [0.25, 0.3) is 39.3 Å². The fourth-order valence-corrected chi connectivity index (χ4v) is 15.5. The Kier molecular flexibility index (Phi) is 29.8. The molecule has 0 saturated carbocycles. The molecule has 1 amide bonds. The lowest BCUT2D eigenvalue weighted by Crippen LogP contribution is -2.37. The van der Waals surface area contributed by atoms with Gasteiger partial charge >= 0.3 is 0 Å². The molecule has 0 aliphatic heterocycles. The maximum absolute atomic E-state index is 12.7. The first-order chi connectivity index (χ1) is 61.8. The Morgan fingerprint density at radius 2 is 0.891 bits per heavy atom. The summed E-state index contributed by atoms with van der Waals surface area (Å²) in [4.78, 5) is 134. The number of hydrogen-bond donors (Lipinski definition) is 7. The third-order valence-electron chi connectivity index (χ3n) is 19.5. The van der Waals surface area contributed by atoms with Gasteiger partial charge in [0.05, 0.1) is 134 Å². The number of aromatic nitrogens is 19. The molecule has 0 unspecified atom stereocenters. The Bertz CT molecular complexity index is 7540. The summed E-state index contributed by atoms with van der Waals surface area (Å²) in [5.41, 5.74) is 1.46. The van der Waals surface area contributed by atoms with E-state index in [4.69, 9.17) is 116 Å². The number of halogens is 10. The summed E-state index contributed by atoms with van der Waals surface area (Å²) in [6.07, 6.45) is 24.7. The molecule has 18 aromatic rings. The van der Waals surface area contributed by atoms with Crippen molar-refractivity contribution >= 4 is 188 Å². The van der Waals surface area contributed by atoms with Crippen LogP contribution < -0.4 is 38.7 Å². The molecule has 44 heteroatoms. The van der Waals surface area contributed by atoms with Gasteiger partial charge in [0, 0.05) is 88.3 Å². The molecule has 0 radical (unpaired) electrons. The molecule has 0 aliphatic rings. The van der Waals surface area contributed by atoms with E-state index in [1.54, 1.807) is 84.3 Å². The lowest BCUT2D eigenvalue weighted by Gasteiger charge is -2.17. The molecule has 0 aliphatic carbocycles. The van der Waals surface area contributed by atoms with Crippen LogP contribution in [0.1, 0.15) is 46.9 Å². The Morgan fingerprint density at radius 1 is 0.419 bits per heavy atom. The summed E-state index contributed by atoms with van der Waals surface area (Å²) in [6, 6.07) is 27.7. The van der Waals surface area contributed by atoms with E-state index in [2.05, 4.69) is 78.9 Å². The maximum Gasteiger partial charge on any atom is 0.270 e. The number of aryl methyl sites for hydroxylation is 1. The minimum Gasteiger partial charge on any atom is -0.504 e. The number of aromatic hydroxyl groups is 6. The molecular formula is C85H65Cl10N21O13. The second-order valence-corrected chi connectivity index (χ2v) is 31.7. The minimum atomic E-state index is -0.499. The summed E-state index contributed by atoms with van der Waals surface area (Å²) in [5.74, 6) is -0.715. The van der Waals surface area contributed by atoms with Crippen molar-refractivity contribution in [3.8, 4) is 40.3 Å². The van der Waals surface area contributed by atoms with Crippen molar-refractivity contribution < 1.29 is 35.4 Å². The number of fused-ring (bicyclic) bond motifs is 7. The van der Waals surface area contributed by atoms with Crippen molar-refractivity contribution in [3.63, 3.8) is 0 Å². The number of nitrogens with one attached hydrogen (secondary N) is 1. The summed E-state index contributed by atoms with van der Waals surface area (Å²) < 4.78 is 11.7. The monoisotopic (exact) mass is 1940 g/mol. The molecule has 0 atom stereocenters. The number of likely N-dealkylation sites (N-methyl/N-ethyl adjacent to an activating group) is 1. The van der Waals surface area contributed by atoms with Gasteiger partial charge in [-0.05, 0) is 109 Å². The van der Waals surface area contributed by atoms with Crippen LogP contribution in [-0.4, -0.2) is 159 Å². The van der Waals surface area contributed by atoms with E-state index in [-0.39, 0.29) is 186 Å². The Balaban J connectivity index is 0.000000132. The fraction of sp³-hybridized carbons (Fsp3) is 0.129. The molecule has 7 N–H and O–H groups in total. The van der Waals surface area contributed by atoms with Crippen LogP contribution in [-0.2, 0) is 33.2 Å². The number of pyridine rings is 5. The van der Waals surface area contributed by atoms with Gasteiger partial charge in [0.2, 0.25) is 0 Å². The topological polar surface area (TPSA) is 436 Å². The van der Waals surface area contributed by atoms with E-state index in [9.17, 15) is 64.2 Å². The number of rotatable bonds is 15. The van der Waals surface area contributed by atoms with Crippen LogP contribution in [0.25, 0.3) is 71.6 Å². The number of carbonyl (C=O) groups excluding carboxylic acids is 1. The van der Waals surface area contributed by atoms with E-state index in [1.807, 2.05) is 48.1 Å². The molecule has 34 nitrogen and oxygen atoms in total. The molecular weight excluding hydrogens is 1880 g/mol. The normalized spacial score (nSPS) is 11.1. The van der Waals surface area contributed by atoms with Crippen LogP contribution in [0.2, 0.25) is 50.2 Å². The average molecular weight is 1940 g/mol. The van der Waals surface area contributed by atoms with Crippen molar-refractivity contribution in [2.24, 2.45) is 7.05 Å². The van der Waals surface area contributed by atoms with Gasteiger partial charge in [0.15, 0.2) is 40.1 Å². The number of phenolic OH excluding ortho intramolecular Hbond substituents is 5. The number of benzene rings is 5. The Morgan fingerprint density at radius 3 is 1.35 bits per heavy atom. The van der Waals surface area contributed by atoms with E-state index in [0.717, 1.165) is 40.8 Å². The molecule has 129 heavy (non-hydrogen) atoms. The molecule has 13 heterocycles. The molecule has 18 rings (SSSR count). The van der Waals surface area contributed by atoms with Crippen LogP contribution in [0.5, 0.6) is 34.5 Å². The third kappa shape index (κ3) is 20.6. The lowest BCUT2D eigenvalue weighted by molar-refractivity contribution is 0.0946. The number of imidazole rings is 2. The van der Waals surface area contributed by atoms with E-state index in [0.29, 0.717) is 37.0 Å². The Hall–Kier alpha value is -13.4. The molecule has 5 aromatic carbocycles. The number of amides is 1. The zero-order valence-corrected chi connectivity index (χ0v) is 74.5. The second-order valence-electron chi connectivity index (χ2n) is 27.6. The zero-order chi connectivity index (χ0) is 92.3. The smallest absolute Gasteiger partial charge is 0.270 e. The van der Waals surface area contributed by atoms with Gasteiger partial charge in [-0.1, -0.05) is 148 Å².